The minimum atomic E-state index is -1.62. The van der Waals surface area contributed by atoms with Crippen molar-refractivity contribution in [2.45, 2.75) is 37.6 Å². The van der Waals surface area contributed by atoms with E-state index >= 15 is 0 Å². The Morgan fingerprint density at radius 3 is 2.55 bits per heavy atom. The number of aliphatic hydroxyl groups is 1. The number of aliphatic hydroxyl groups excluding tert-OH is 1. The van der Waals surface area contributed by atoms with Gasteiger partial charge >= 0.3 is 0 Å². The Hall–Kier alpha value is -6.20. The summed E-state index contributed by atoms with van der Waals surface area (Å²) in [6, 6.07) is 26.8. The summed E-state index contributed by atoms with van der Waals surface area (Å²) in [4.78, 5) is 25.8. The van der Waals surface area contributed by atoms with Crippen molar-refractivity contribution in [1.29, 1.82) is 0 Å². The van der Waals surface area contributed by atoms with E-state index in [1.54, 1.807) is 54.6 Å². The summed E-state index contributed by atoms with van der Waals surface area (Å²) in [6.45, 7) is 0.712. The van der Waals surface area contributed by atoms with Crippen molar-refractivity contribution >= 4 is 17.5 Å². The van der Waals surface area contributed by atoms with Crippen LogP contribution in [0.1, 0.15) is 40.3 Å². The number of ether oxygens (including phenoxy) is 4. The van der Waals surface area contributed by atoms with Gasteiger partial charge in [-0.05, 0) is 64.2 Å². The molecule has 248 valence electrons. The molecule has 0 aliphatic carbocycles. The maximum Gasteiger partial charge on any atom is 0.252 e. The smallest absolute Gasteiger partial charge is 0.252 e. The number of carbonyl (C=O) groups excluding carboxylic acids is 1. The summed E-state index contributed by atoms with van der Waals surface area (Å²) in [5, 5.41) is 19.9. The molecule has 2 atom stereocenters. The minimum absolute atomic E-state index is 0.0201. The molecule has 4 aromatic carbocycles. The maximum atomic E-state index is 14.8. The first-order chi connectivity index (χ1) is 24.0. The number of fused-ring (bicyclic) bond motifs is 1. The molecular formula is C35H32N8O6. The van der Waals surface area contributed by atoms with E-state index in [1.807, 2.05) is 36.4 Å². The third-order valence-corrected chi connectivity index (χ3v) is 8.17. The number of aliphatic imine (C=N–C) groups is 1. The Morgan fingerprint density at radius 2 is 1.76 bits per heavy atom. The second-order valence-electron chi connectivity index (χ2n) is 11.2. The molecule has 0 spiro atoms. The first-order valence-electron chi connectivity index (χ1n) is 15.5. The van der Waals surface area contributed by atoms with E-state index in [4.69, 9.17) is 34.6 Å². The average molecular weight is 661 g/mol. The molecule has 2 aliphatic rings. The van der Waals surface area contributed by atoms with Gasteiger partial charge in [0.1, 0.15) is 5.75 Å². The zero-order valence-corrected chi connectivity index (χ0v) is 26.3. The van der Waals surface area contributed by atoms with Gasteiger partial charge < -0.3 is 29.4 Å². The second-order valence-corrected chi connectivity index (χ2v) is 11.2. The third-order valence-electron chi connectivity index (χ3n) is 8.17. The van der Waals surface area contributed by atoms with E-state index < -0.39 is 17.6 Å². The van der Waals surface area contributed by atoms with Gasteiger partial charge in [0.25, 0.3) is 5.91 Å². The van der Waals surface area contributed by atoms with E-state index in [-0.39, 0.29) is 44.5 Å². The van der Waals surface area contributed by atoms with Crippen LogP contribution in [-0.4, -0.2) is 42.5 Å². The maximum absolute atomic E-state index is 14.8. The number of carbonyl (C=O) groups is 1. The van der Waals surface area contributed by atoms with E-state index in [2.05, 4.69) is 25.4 Å². The molecule has 14 nitrogen and oxygen atoms in total. The Labute approximate surface area is 281 Å². The third kappa shape index (κ3) is 7.21. The Bertz CT molecular complexity index is 1960. The van der Waals surface area contributed by atoms with Crippen LogP contribution in [0.5, 0.6) is 17.2 Å². The summed E-state index contributed by atoms with van der Waals surface area (Å²) in [5.41, 5.74) is 20.4. The van der Waals surface area contributed by atoms with Crippen molar-refractivity contribution in [2.75, 3.05) is 20.0 Å². The molecule has 0 saturated carbocycles. The molecule has 0 radical (unpaired) electrons. The highest BCUT2D eigenvalue weighted by atomic mass is 16.7. The van der Waals surface area contributed by atoms with Gasteiger partial charge in [-0.25, -0.2) is 4.99 Å². The Balaban J connectivity index is 1.45. The lowest BCUT2D eigenvalue weighted by Crippen LogP contribution is -2.49. The van der Waals surface area contributed by atoms with Crippen LogP contribution in [-0.2, 0) is 29.0 Å². The lowest BCUT2D eigenvalue weighted by Gasteiger charge is -2.32. The SMILES string of the molecule is [N-]=[N+]=NCc1ccccc1C[C@@]1(C(=O)NCc2ccc3c(c2)OCO3)N=C(c2ccc(OCCCO)cc2)O[C@@H]1c1ccccc1N=[N+]=[N-]. The van der Waals surface area contributed by atoms with E-state index in [9.17, 15) is 10.3 Å². The van der Waals surface area contributed by atoms with Crippen molar-refractivity contribution in [3.63, 3.8) is 0 Å². The van der Waals surface area contributed by atoms with Gasteiger partial charge in [-0.2, -0.15) is 0 Å². The Kier molecular flexibility index (Phi) is 10.1. The molecule has 14 heteroatoms. The zero-order valence-electron chi connectivity index (χ0n) is 26.3. The molecule has 49 heavy (non-hydrogen) atoms. The van der Waals surface area contributed by atoms with Crippen molar-refractivity contribution < 1.29 is 28.8 Å². The molecule has 2 N–H and O–H groups in total. The Morgan fingerprint density at radius 1 is 0.980 bits per heavy atom. The summed E-state index contributed by atoms with van der Waals surface area (Å²) >= 11 is 0. The van der Waals surface area contributed by atoms with Crippen molar-refractivity contribution in [2.24, 2.45) is 15.2 Å². The number of rotatable bonds is 14. The van der Waals surface area contributed by atoms with Crippen LogP contribution >= 0.6 is 0 Å². The first-order valence-corrected chi connectivity index (χ1v) is 15.5. The largest absolute Gasteiger partial charge is 0.494 e. The van der Waals surface area contributed by atoms with E-state index in [1.165, 1.54) is 0 Å². The number of azide groups is 2. The van der Waals surface area contributed by atoms with Gasteiger partial charge in [0, 0.05) is 52.6 Å². The molecule has 0 unspecified atom stereocenters. The van der Waals surface area contributed by atoms with Gasteiger partial charge in [0.2, 0.25) is 12.7 Å². The molecule has 0 saturated heterocycles. The quantitative estimate of drug-likeness (QED) is 0.0649. The van der Waals surface area contributed by atoms with Crippen molar-refractivity contribution in [3.05, 3.63) is 140 Å². The van der Waals surface area contributed by atoms with Crippen LogP contribution in [0.15, 0.2) is 106 Å². The second kappa shape index (κ2) is 15.1. The van der Waals surface area contributed by atoms with E-state index in [0.717, 1.165) is 16.7 Å². The van der Waals surface area contributed by atoms with Gasteiger partial charge in [0.15, 0.2) is 23.1 Å². The van der Waals surface area contributed by atoms with Gasteiger partial charge in [-0.3, -0.25) is 4.79 Å². The molecule has 0 bridgehead atoms. The van der Waals surface area contributed by atoms with Crippen molar-refractivity contribution in [3.8, 4) is 17.2 Å². The van der Waals surface area contributed by atoms with E-state index in [0.29, 0.717) is 41.4 Å². The summed E-state index contributed by atoms with van der Waals surface area (Å²) < 4.78 is 23.3. The molecule has 2 heterocycles. The monoisotopic (exact) mass is 660 g/mol. The number of benzene rings is 4. The molecule has 1 amide bonds. The molecular weight excluding hydrogens is 628 g/mol. The predicted octanol–water partition coefficient (Wildman–Crippen LogP) is 6.74. The molecule has 4 aromatic rings. The zero-order chi connectivity index (χ0) is 34.1. The normalized spacial score (nSPS) is 17.2. The van der Waals surface area contributed by atoms with Crippen LogP contribution in [0.2, 0.25) is 0 Å². The lowest BCUT2D eigenvalue weighted by molar-refractivity contribution is -0.129. The van der Waals surface area contributed by atoms with Gasteiger partial charge in [-0.15, -0.1) is 0 Å². The minimum Gasteiger partial charge on any atom is -0.494 e. The summed E-state index contributed by atoms with van der Waals surface area (Å²) in [5.74, 6) is 1.57. The van der Waals surface area contributed by atoms with Gasteiger partial charge in [0.05, 0.1) is 13.2 Å². The van der Waals surface area contributed by atoms with Crippen LogP contribution in [0.4, 0.5) is 5.69 Å². The lowest BCUT2D eigenvalue weighted by atomic mass is 9.80. The molecule has 0 aromatic heterocycles. The summed E-state index contributed by atoms with van der Waals surface area (Å²) in [7, 11) is 0. The van der Waals surface area contributed by atoms with Crippen LogP contribution in [0.25, 0.3) is 20.9 Å². The summed E-state index contributed by atoms with van der Waals surface area (Å²) in [6.07, 6.45) is -0.485. The van der Waals surface area contributed by atoms with Crippen LogP contribution in [0, 0.1) is 0 Å². The highest BCUT2D eigenvalue weighted by Crippen LogP contribution is 2.46. The number of hydrogen-bond acceptors (Lipinski definition) is 9. The molecule has 0 fully saturated rings. The van der Waals surface area contributed by atoms with Crippen LogP contribution < -0.4 is 19.5 Å². The predicted molar refractivity (Wildman–Crippen MR) is 179 cm³/mol. The number of amides is 1. The standard InChI is InChI=1S/C35H32N8O6/c36-42-39-21-26-7-2-1-6-25(26)19-35(34(45)38-20-23-10-15-30-31(18-23)48-22-47-30)32(28-8-3-4-9-29(28)41-43-37)49-33(40-35)24-11-13-27(14-12-24)46-17-5-16-44/h1-4,6-15,18,32,44H,5,16-17,19-22H2,(H,38,45)/t32-,35-/m1/s1. The fraction of sp³-hybridized carbons (Fsp3) is 0.257. The number of hydrogen-bond donors (Lipinski definition) is 2. The number of nitrogens with zero attached hydrogens (tertiary/aromatic N) is 7. The molecule has 2 aliphatic heterocycles. The highest BCUT2D eigenvalue weighted by Gasteiger charge is 2.54. The number of nitrogens with one attached hydrogen (secondary N) is 1. The fourth-order valence-electron chi connectivity index (χ4n) is 5.78. The first kappa shape index (κ1) is 32.7. The average Bonchev–Trinajstić information content (AvgIpc) is 3.76. The highest BCUT2D eigenvalue weighted by molar-refractivity contribution is 6.01. The van der Waals surface area contributed by atoms with Gasteiger partial charge in [-0.1, -0.05) is 64.8 Å². The molecule has 6 rings (SSSR count). The van der Waals surface area contributed by atoms with Crippen LogP contribution in [0.3, 0.4) is 0 Å². The van der Waals surface area contributed by atoms with Crippen molar-refractivity contribution in [1.82, 2.24) is 5.32 Å². The topological polar surface area (TPSA) is 196 Å². The fourth-order valence-corrected chi connectivity index (χ4v) is 5.78.